The Morgan fingerprint density at radius 2 is 1.85 bits per heavy atom. The van der Waals surface area contributed by atoms with Crippen LogP contribution in [0.15, 0.2) is 30.6 Å². The highest BCUT2D eigenvalue weighted by molar-refractivity contribution is 5.64. The summed E-state index contributed by atoms with van der Waals surface area (Å²) < 4.78 is 27.2. The number of nitrogens with one attached hydrogen (secondary N) is 1. The molecule has 0 spiro atoms. The number of pyridine rings is 1. The van der Waals surface area contributed by atoms with Crippen molar-refractivity contribution >= 4 is 0 Å². The molecule has 0 saturated heterocycles. The van der Waals surface area contributed by atoms with Crippen LogP contribution >= 0.6 is 0 Å². The van der Waals surface area contributed by atoms with E-state index in [-0.39, 0.29) is 0 Å². The largest absolute Gasteiger partial charge is 0.310 e. The van der Waals surface area contributed by atoms with Crippen molar-refractivity contribution in [1.82, 2.24) is 10.3 Å². The number of hydrogen-bond acceptors (Lipinski definition) is 2. The summed E-state index contributed by atoms with van der Waals surface area (Å²) in [6.45, 7) is 6.40. The molecule has 2 nitrogen and oxygen atoms in total. The van der Waals surface area contributed by atoms with E-state index < -0.39 is 11.6 Å². The van der Waals surface area contributed by atoms with Crippen LogP contribution in [0, 0.1) is 18.6 Å². The second kappa shape index (κ2) is 6.09. The predicted molar refractivity (Wildman–Crippen MR) is 76.3 cm³/mol. The van der Waals surface area contributed by atoms with Crippen LogP contribution in [-0.4, -0.2) is 11.0 Å². The zero-order valence-electron chi connectivity index (χ0n) is 11.9. The second-order valence-corrected chi connectivity index (χ2v) is 5.20. The summed E-state index contributed by atoms with van der Waals surface area (Å²) in [4.78, 5) is 4.13. The second-order valence-electron chi connectivity index (χ2n) is 5.20. The Hall–Kier alpha value is -1.81. The van der Waals surface area contributed by atoms with E-state index in [4.69, 9.17) is 0 Å². The first kappa shape index (κ1) is 14.6. The molecule has 0 aliphatic heterocycles. The number of aromatic nitrogens is 1. The summed E-state index contributed by atoms with van der Waals surface area (Å²) in [7, 11) is 0. The lowest BCUT2D eigenvalue weighted by Crippen LogP contribution is -2.21. The van der Waals surface area contributed by atoms with Gasteiger partial charge < -0.3 is 5.32 Å². The van der Waals surface area contributed by atoms with Crippen molar-refractivity contribution in [2.45, 2.75) is 33.4 Å². The minimum atomic E-state index is -0.566. The molecule has 0 bridgehead atoms. The van der Waals surface area contributed by atoms with Crippen molar-refractivity contribution in [2.24, 2.45) is 0 Å². The molecule has 0 aliphatic carbocycles. The van der Waals surface area contributed by atoms with Crippen LogP contribution in [0.2, 0.25) is 0 Å². The van der Waals surface area contributed by atoms with Crippen molar-refractivity contribution in [3.8, 4) is 11.1 Å². The van der Waals surface area contributed by atoms with Crippen LogP contribution in [0.5, 0.6) is 0 Å². The number of nitrogens with zero attached hydrogens (tertiary/aromatic N) is 1. The maximum Gasteiger partial charge on any atom is 0.134 e. The molecule has 0 amide bonds. The van der Waals surface area contributed by atoms with Gasteiger partial charge in [-0.25, -0.2) is 8.78 Å². The fourth-order valence-corrected chi connectivity index (χ4v) is 1.93. The van der Waals surface area contributed by atoms with Gasteiger partial charge >= 0.3 is 0 Å². The van der Waals surface area contributed by atoms with Gasteiger partial charge in [0.1, 0.15) is 11.6 Å². The Balaban J connectivity index is 2.33. The third-order valence-corrected chi connectivity index (χ3v) is 3.07. The van der Waals surface area contributed by atoms with E-state index in [1.807, 2.05) is 6.07 Å². The van der Waals surface area contributed by atoms with Crippen molar-refractivity contribution in [1.29, 1.82) is 0 Å². The maximum atomic E-state index is 13.9. The lowest BCUT2D eigenvalue weighted by molar-refractivity contribution is 0.579. The molecule has 2 rings (SSSR count). The summed E-state index contributed by atoms with van der Waals surface area (Å²) in [5, 5.41) is 3.28. The van der Waals surface area contributed by atoms with Crippen LogP contribution in [-0.2, 0) is 6.54 Å². The highest BCUT2D eigenvalue weighted by atomic mass is 19.1. The van der Waals surface area contributed by atoms with E-state index in [0.717, 1.165) is 11.6 Å². The minimum Gasteiger partial charge on any atom is -0.310 e. The molecule has 0 unspecified atom stereocenters. The van der Waals surface area contributed by atoms with E-state index in [2.05, 4.69) is 24.1 Å². The van der Waals surface area contributed by atoms with Crippen molar-refractivity contribution in [3.05, 3.63) is 53.4 Å². The molecule has 0 fully saturated rings. The van der Waals surface area contributed by atoms with E-state index in [1.165, 1.54) is 6.07 Å². The Kier molecular flexibility index (Phi) is 4.45. The van der Waals surface area contributed by atoms with Gasteiger partial charge in [-0.05, 0) is 30.2 Å². The quantitative estimate of drug-likeness (QED) is 0.918. The van der Waals surface area contributed by atoms with Crippen molar-refractivity contribution in [2.75, 3.05) is 0 Å². The maximum absolute atomic E-state index is 13.9. The molecule has 0 saturated carbocycles. The van der Waals surface area contributed by atoms with E-state index in [1.54, 1.807) is 19.3 Å². The molecule has 2 aromatic rings. The molecule has 1 aromatic carbocycles. The summed E-state index contributed by atoms with van der Waals surface area (Å²) >= 11 is 0. The first-order valence-electron chi connectivity index (χ1n) is 6.60. The first-order chi connectivity index (χ1) is 9.47. The molecule has 1 aromatic heterocycles. The lowest BCUT2D eigenvalue weighted by atomic mass is 10.0. The van der Waals surface area contributed by atoms with Gasteiger partial charge in [0, 0.05) is 42.2 Å². The molecule has 106 valence electrons. The minimum absolute atomic E-state index is 0.364. The van der Waals surface area contributed by atoms with Crippen LogP contribution in [0.1, 0.15) is 25.0 Å². The molecule has 0 atom stereocenters. The Labute approximate surface area is 117 Å². The summed E-state index contributed by atoms with van der Waals surface area (Å²) in [6, 6.07) is 4.67. The van der Waals surface area contributed by atoms with Gasteiger partial charge in [0.15, 0.2) is 0 Å². The molecule has 0 radical (unpaired) electrons. The van der Waals surface area contributed by atoms with E-state index in [0.29, 0.717) is 29.3 Å². The fourth-order valence-electron chi connectivity index (χ4n) is 1.93. The molecule has 20 heavy (non-hydrogen) atoms. The Morgan fingerprint density at radius 3 is 2.55 bits per heavy atom. The van der Waals surface area contributed by atoms with Crippen LogP contribution in [0.25, 0.3) is 11.1 Å². The zero-order valence-corrected chi connectivity index (χ0v) is 11.9. The molecule has 1 N–H and O–H groups in total. The molecule has 1 heterocycles. The molecular formula is C16H18F2N2. The fraction of sp³-hybridized carbons (Fsp3) is 0.312. The monoisotopic (exact) mass is 276 g/mol. The third kappa shape index (κ3) is 3.39. The average molecular weight is 276 g/mol. The predicted octanol–water partition coefficient (Wildman–Crippen LogP) is 3.83. The zero-order chi connectivity index (χ0) is 14.7. The van der Waals surface area contributed by atoms with Gasteiger partial charge in [-0.3, -0.25) is 4.98 Å². The number of halogens is 2. The van der Waals surface area contributed by atoms with Gasteiger partial charge in [-0.15, -0.1) is 0 Å². The summed E-state index contributed by atoms with van der Waals surface area (Å²) in [5.41, 5.74) is 2.43. The highest BCUT2D eigenvalue weighted by Crippen LogP contribution is 2.25. The van der Waals surface area contributed by atoms with Crippen LogP contribution in [0.4, 0.5) is 8.78 Å². The molecule has 0 aliphatic rings. The number of hydrogen-bond donors (Lipinski definition) is 1. The number of benzene rings is 1. The van der Waals surface area contributed by atoms with Gasteiger partial charge in [0.2, 0.25) is 0 Å². The number of rotatable bonds is 4. The van der Waals surface area contributed by atoms with E-state index >= 15 is 0 Å². The lowest BCUT2D eigenvalue weighted by Gasteiger charge is -2.10. The van der Waals surface area contributed by atoms with Gasteiger partial charge in [-0.1, -0.05) is 13.8 Å². The molecular weight excluding hydrogens is 258 g/mol. The standard InChI is InChI=1S/C16H18F2N2/c1-10(2)20-8-12-5-13(9-19-7-12)14-4-11(3)15(17)6-16(14)18/h4-7,9-10,20H,8H2,1-3H3. The van der Waals surface area contributed by atoms with Crippen LogP contribution < -0.4 is 5.32 Å². The highest BCUT2D eigenvalue weighted by Gasteiger charge is 2.10. The Bertz CT molecular complexity index is 609. The van der Waals surface area contributed by atoms with Gasteiger partial charge in [0.05, 0.1) is 0 Å². The first-order valence-corrected chi connectivity index (χ1v) is 6.60. The summed E-state index contributed by atoms with van der Waals surface area (Å²) in [6.07, 6.45) is 3.34. The SMILES string of the molecule is Cc1cc(-c2cncc(CNC(C)C)c2)c(F)cc1F. The van der Waals surface area contributed by atoms with Gasteiger partial charge in [0.25, 0.3) is 0 Å². The third-order valence-electron chi connectivity index (χ3n) is 3.07. The molecule has 4 heteroatoms. The van der Waals surface area contributed by atoms with E-state index in [9.17, 15) is 8.78 Å². The topological polar surface area (TPSA) is 24.9 Å². The van der Waals surface area contributed by atoms with Gasteiger partial charge in [-0.2, -0.15) is 0 Å². The summed E-state index contributed by atoms with van der Waals surface area (Å²) in [5.74, 6) is -1.10. The normalized spacial score (nSPS) is 11.1. The Morgan fingerprint density at radius 1 is 1.10 bits per heavy atom. The van der Waals surface area contributed by atoms with Crippen molar-refractivity contribution in [3.63, 3.8) is 0 Å². The smallest absolute Gasteiger partial charge is 0.134 e. The number of aryl methyl sites for hydroxylation is 1. The average Bonchev–Trinajstić information content (AvgIpc) is 2.41. The van der Waals surface area contributed by atoms with Crippen molar-refractivity contribution < 1.29 is 8.78 Å². The van der Waals surface area contributed by atoms with Crippen LogP contribution in [0.3, 0.4) is 0 Å².